The van der Waals surface area contributed by atoms with Crippen LogP contribution in [0.4, 0.5) is 4.39 Å². The summed E-state index contributed by atoms with van der Waals surface area (Å²) in [5, 5.41) is 8.56. The molecule has 1 aliphatic rings. The molecule has 0 saturated carbocycles. The Kier molecular flexibility index (Phi) is 4.51. The second-order valence-electron chi connectivity index (χ2n) is 4.95. The lowest BCUT2D eigenvalue weighted by atomic mass is 9.88. The zero-order chi connectivity index (χ0) is 13.7. The highest BCUT2D eigenvalue weighted by molar-refractivity contribution is 5.70. The molecular weight excluding hydrogens is 245 g/mol. The van der Waals surface area contributed by atoms with Crippen molar-refractivity contribution in [3.8, 4) is 6.07 Å². The van der Waals surface area contributed by atoms with E-state index >= 15 is 0 Å². The summed E-state index contributed by atoms with van der Waals surface area (Å²) in [7, 11) is 0. The molecule has 3 nitrogen and oxygen atoms in total. The molecule has 0 aliphatic carbocycles. The van der Waals surface area contributed by atoms with Crippen LogP contribution in [-0.4, -0.2) is 12.1 Å². The van der Waals surface area contributed by atoms with Gasteiger partial charge >= 0.3 is 5.97 Å². The Balaban J connectivity index is 1.94. The molecule has 0 spiro atoms. The van der Waals surface area contributed by atoms with Crippen LogP contribution >= 0.6 is 0 Å². The standard InChI is InChI=1S/C15H16FNO2/c16-13-5-3-11(4-6-13)8-12-9-14(2-1-7-17)19-15(18)10-12/h3-6,12,14H,1-2,8-10H2/t12-,14+/m0/s1. The number of nitrogens with zero attached hydrogens (tertiary/aromatic N) is 1. The average Bonchev–Trinajstić information content (AvgIpc) is 2.38. The first kappa shape index (κ1) is 13.5. The largest absolute Gasteiger partial charge is 0.462 e. The highest BCUT2D eigenvalue weighted by atomic mass is 19.1. The van der Waals surface area contributed by atoms with E-state index in [2.05, 4.69) is 6.07 Å². The number of hydrogen-bond acceptors (Lipinski definition) is 3. The molecule has 1 aromatic carbocycles. The van der Waals surface area contributed by atoms with E-state index in [0.717, 1.165) is 18.4 Å². The van der Waals surface area contributed by atoms with Crippen molar-refractivity contribution in [2.24, 2.45) is 5.92 Å². The molecule has 1 aliphatic heterocycles. The molecule has 0 radical (unpaired) electrons. The maximum Gasteiger partial charge on any atom is 0.306 e. The number of carbonyl (C=O) groups excluding carboxylic acids is 1. The number of ether oxygens (including phenoxy) is 1. The molecule has 2 rings (SSSR count). The van der Waals surface area contributed by atoms with E-state index < -0.39 is 0 Å². The lowest BCUT2D eigenvalue weighted by Crippen LogP contribution is -2.30. The summed E-state index contributed by atoms with van der Waals surface area (Å²) in [6.07, 6.45) is 2.79. The van der Waals surface area contributed by atoms with Crippen molar-refractivity contribution in [1.82, 2.24) is 0 Å². The van der Waals surface area contributed by atoms with Crippen LogP contribution in [0.25, 0.3) is 0 Å². The fourth-order valence-electron chi connectivity index (χ4n) is 2.48. The molecule has 4 heteroatoms. The molecule has 1 heterocycles. The zero-order valence-corrected chi connectivity index (χ0v) is 10.6. The lowest BCUT2D eigenvalue weighted by molar-refractivity contribution is -0.157. The monoisotopic (exact) mass is 261 g/mol. The molecule has 0 N–H and O–H groups in total. The summed E-state index contributed by atoms with van der Waals surface area (Å²) in [6.45, 7) is 0. The Morgan fingerprint density at radius 2 is 2.11 bits per heavy atom. The van der Waals surface area contributed by atoms with Gasteiger partial charge in [-0.05, 0) is 42.9 Å². The van der Waals surface area contributed by atoms with Gasteiger partial charge in [0, 0.05) is 12.8 Å². The van der Waals surface area contributed by atoms with Crippen molar-refractivity contribution in [2.75, 3.05) is 0 Å². The van der Waals surface area contributed by atoms with E-state index in [1.165, 1.54) is 12.1 Å². The molecular formula is C15H16FNO2. The minimum atomic E-state index is -0.251. The number of cyclic esters (lactones) is 1. The topological polar surface area (TPSA) is 50.1 Å². The minimum absolute atomic E-state index is 0.147. The first-order valence-electron chi connectivity index (χ1n) is 6.48. The SMILES string of the molecule is N#CCC[C@@H]1C[C@H](Cc2ccc(F)cc2)CC(=O)O1. The highest BCUT2D eigenvalue weighted by Crippen LogP contribution is 2.27. The first-order chi connectivity index (χ1) is 9.17. The third kappa shape index (κ3) is 4.06. The van der Waals surface area contributed by atoms with Crippen LogP contribution in [0.3, 0.4) is 0 Å². The smallest absolute Gasteiger partial charge is 0.306 e. The van der Waals surface area contributed by atoms with Crippen LogP contribution < -0.4 is 0 Å². The van der Waals surface area contributed by atoms with Gasteiger partial charge in [-0.15, -0.1) is 0 Å². The van der Waals surface area contributed by atoms with Gasteiger partial charge < -0.3 is 4.74 Å². The van der Waals surface area contributed by atoms with Crippen molar-refractivity contribution in [3.63, 3.8) is 0 Å². The van der Waals surface area contributed by atoms with E-state index in [4.69, 9.17) is 10.00 Å². The van der Waals surface area contributed by atoms with Crippen LogP contribution in [0.15, 0.2) is 24.3 Å². The molecule has 1 fully saturated rings. The Morgan fingerprint density at radius 3 is 2.79 bits per heavy atom. The average molecular weight is 261 g/mol. The fourth-order valence-corrected chi connectivity index (χ4v) is 2.48. The van der Waals surface area contributed by atoms with Crippen LogP contribution in [0.5, 0.6) is 0 Å². The summed E-state index contributed by atoms with van der Waals surface area (Å²) in [5.74, 6) is -0.226. The molecule has 100 valence electrons. The molecule has 2 atom stereocenters. The summed E-state index contributed by atoms with van der Waals surface area (Å²) >= 11 is 0. The molecule has 0 unspecified atom stereocenters. The summed E-state index contributed by atoms with van der Waals surface area (Å²) in [5.41, 5.74) is 1.03. The van der Waals surface area contributed by atoms with Gasteiger partial charge in [0.25, 0.3) is 0 Å². The third-order valence-corrected chi connectivity index (χ3v) is 3.37. The van der Waals surface area contributed by atoms with Gasteiger partial charge in [0.05, 0.1) is 6.07 Å². The Labute approximate surface area is 112 Å². The second-order valence-corrected chi connectivity index (χ2v) is 4.95. The second kappa shape index (κ2) is 6.33. The van der Waals surface area contributed by atoms with E-state index in [9.17, 15) is 9.18 Å². The quantitative estimate of drug-likeness (QED) is 0.783. The van der Waals surface area contributed by atoms with E-state index in [1.54, 1.807) is 12.1 Å². The molecule has 0 amide bonds. The van der Waals surface area contributed by atoms with Crippen molar-refractivity contribution < 1.29 is 13.9 Å². The van der Waals surface area contributed by atoms with Gasteiger partial charge in [0.1, 0.15) is 11.9 Å². The molecule has 0 bridgehead atoms. The molecule has 0 aromatic heterocycles. The predicted octanol–water partition coefficient (Wildman–Crippen LogP) is 2.99. The van der Waals surface area contributed by atoms with E-state index in [-0.39, 0.29) is 23.8 Å². The lowest BCUT2D eigenvalue weighted by Gasteiger charge is -2.28. The predicted molar refractivity (Wildman–Crippen MR) is 67.6 cm³/mol. The number of halogens is 1. The normalized spacial score (nSPS) is 22.6. The third-order valence-electron chi connectivity index (χ3n) is 3.37. The Bertz CT molecular complexity index is 478. The van der Waals surface area contributed by atoms with Gasteiger partial charge in [-0.1, -0.05) is 12.1 Å². The number of rotatable bonds is 4. The van der Waals surface area contributed by atoms with Gasteiger partial charge in [0.2, 0.25) is 0 Å². The summed E-state index contributed by atoms with van der Waals surface area (Å²) in [4.78, 5) is 11.5. The van der Waals surface area contributed by atoms with E-state index in [0.29, 0.717) is 19.3 Å². The van der Waals surface area contributed by atoms with E-state index in [1.807, 2.05) is 0 Å². The zero-order valence-electron chi connectivity index (χ0n) is 10.6. The van der Waals surface area contributed by atoms with Crippen molar-refractivity contribution in [3.05, 3.63) is 35.6 Å². The molecule has 19 heavy (non-hydrogen) atoms. The van der Waals surface area contributed by atoms with Crippen LogP contribution in [0.2, 0.25) is 0 Å². The van der Waals surface area contributed by atoms with Crippen molar-refractivity contribution >= 4 is 5.97 Å². The van der Waals surface area contributed by atoms with Gasteiger partial charge in [0.15, 0.2) is 0 Å². The summed E-state index contributed by atoms with van der Waals surface area (Å²) < 4.78 is 18.0. The number of carbonyl (C=O) groups is 1. The van der Waals surface area contributed by atoms with Crippen LogP contribution in [0.1, 0.15) is 31.2 Å². The number of nitriles is 1. The maximum atomic E-state index is 12.8. The van der Waals surface area contributed by atoms with Crippen LogP contribution in [0, 0.1) is 23.1 Å². The minimum Gasteiger partial charge on any atom is -0.462 e. The first-order valence-corrected chi connectivity index (χ1v) is 6.48. The maximum absolute atomic E-state index is 12.8. The number of hydrogen-bond donors (Lipinski definition) is 0. The Morgan fingerprint density at radius 1 is 1.37 bits per heavy atom. The van der Waals surface area contributed by atoms with Crippen molar-refractivity contribution in [2.45, 2.75) is 38.2 Å². The Hall–Kier alpha value is -1.89. The van der Waals surface area contributed by atoms with Gasteiger partial charge in [-0.3, -0.25) is 4.79 Å². The van der Waals surface area contributed by atoms with Gasteiger partial charge in [-0.25, -0.2) is 4.39 Å². The van der Waals surface area contributed by atoms with Crippen molar-refractivity contribution in [1.29, 1.82) is 5.26 Å². The van der Waals surface area contributed by atoms with Gasteiger partial charge in [-0.2, -0.15) is 5.26 Å². The van der Waals surface area contributed by atoms with Crippen LogP contribution in [-0.2, 0) is 16.0 Å². The highest BCUT2D eigenvalue weighted by Gasteiger charge is 2.28. The number of benzene rings is 1. The summed E-state index contributed by atoms with van der Waals surface area (Å²) in [6, 6.07) is 8.44. The molecule has 1 saturated heterocycles. The fraction of sp³-hybridized carbons (Fsp3) is 0.467. The number of esters is 1. The molecule has 1 aromatic rings.